The minimum absolute atomic E-state index is 0.160. The minimum atomic E-state index is -1.28. The number of aliphatic carboxylic acids is 1. The Morgan fingerprint density at radius 1 is 1.24 bits per heavy atom. The molecule has 0 saturated carbocycles. The number of carbonyl (C=O) groups is 2. The molecule has 1 aromatic carbocycles. The normalized spacial score (nSPS) is 13.7. The van der Waals surface area contributed by atoms with Crippen molar-refractivity contribution in [1.82, 2.24) is 5.32 Å². The number of ether oxygens (including phenoxy) is 2. The lowest BCUT2D eigenvalue weighted by Gasteiger charge is -2.25. The van der Waals surface area contributed by atoms with Gasteiger partial charge in [-0.2, -0.15) is 0 Å². The van der Waals surface area contributed by atoms with Crippen LogP contribution in [0.4, 0.5) is 0 Å². The number of carbonyl (C=O) groups excluding carboxylic acids is 1. The van der Waals surface area contributed by atoms with Crippen molar-refractivity contribution in [2.45, 2.75) is 25.0 Å². The molecule has 0 aromatic heterocycles. The van der Waals surface area contributed by atoms with Crippen molar-refractivity contribution < 1.29 is 24.2 Å². The van der Waals surface area contributed by atoms with Crippen molar-refractivity contribution in [3.63, 3.8) is 0 Å². The Morgan fingerprint density at radius 2 is 1.81 bits per heavy atom. The molecule has 0 bridgehead atoms. The van der Waals surface area contributed by atoms with E-state index in [2.05, 4.69) is 5.32 Å². The van der Waals surface area contributed by atoms with Crippen LogP contribution < -0.4 is 5.32 Å². The van der Waals surface area contributed by atoms with Crippen molar-refractivity contribution in [2.24, 2.45) is 0 Å². The molecule has 0 aliphatic heterocycles. The second-order valence-electron chi connectivity index (χ2n) is 4.89. The van der Waals surface area contributed by atoms with E-state index in [0.29, 0.717) is 5.56 Å². The van der Waals surface area contributed by atoms with E-state index < -0.39 is 17.7 Å². The first kappa shape index (κ1) is 17.1. The zero-order valence-corrected chi connectivity index (χ0v) is 12.5. The maximum atomic E-state index is 12.0. The number of amides is 1. The van der Waals surface area contributed by atoms with Crippen molar-refractivity contribution in [3.8, 4) is 0 Å². The van der Waals surface area contributed by atoms with Crippen LogP contribution in [0.25, 0.3) is 0 Å². The fraction of sp³-hybridized carbons (Fsp3) is 0.467. The van der Waals surface area contributed by atoms with E-state index in [9.17, 15) is 14.7 Å². The predicted octanol–water partition coefficient (Wildman–Crippen LogP) is 1.15. The summed E-state index contributed by atoms with van der Waals surface area (Å²) in [6, 6.07) is 8.71. The first-order valence-corrected chi connectivity index (χ1v) is 6.55. The van der Waals surface area contributed by atoms with Gasteiger partial charge in [-0.15, -0.1) is 0 Å². The summed E-state index contributed by atoms with van der Waals surface area (Å²) >= 11 is 0. The smallest absolute Gasteiger partial charge is 0.314 e. The molecule has 0 heterocycles. The number of rotatable bonds is 8. The lowest BCUT2D eigenvalue weighted by molar-refractivity contribution is -0.146. The van der Waals surface area contributed by atoms with E-state index in [1.807, 2.05) is 0 Å². The van der Waals surface area contributed by atoms with Gasteiger partial charge in [-0.3, -0.25) is 9.59 Å². The lowest BCUT2D eigenvalue weighted by atomic mass is 9.79. The molecule has 6 heteroatoms. The largest absolute Gasteiger partial charge is 0.481 e. The molecule has 0 aliphatic carbocycles. The Balaban J connectivity index is 2.76. The first-order valence-electron chi connectivity index (χ1n) is 6.55. The standard InChI is InChI=1S/C15H21NO5/c1-15(14(18)19,11-7-5-4-6-8-11)9-12(17)16-10-13(20-2)21-3/h4-8,13H,9-10H2,1-3H3,(H,16,17)(H,18,19). The quantitative estimate of drug-likeness (QED) is 0.703. The molecule has 1 atom stereocenters. The van der Waals surface area contributed by atoms with Gasteiger partial charge in [0.25, 0.3) is 0 Å². The average molecular weight is 295 g/mol. The van der Waals surface area contributed by atoms with E-state index >= 15 is 0 Å². The van der Waals surface area contributed by atoms with Crippen LogP contribution in [-0.2, 0) is 24.5 Å². The van der Waals surface area contributed by atoms with Crippen LogP contribution in [0.1, 0.15) is 18.9 Å². The highest BCUT2D eigenvalue weighted by molar-refractivity contribution is 5.89. The van der Waals surface area contributed by atoms with Crippen LogP contribution in [0.3, 0.4) is 0 Å². The maximum Gasteiger partial charge on any atom is 0.314 e. The van der Waals surface area contributed by atoms with Crippen molar-refractivity contribution in [3.05, 3.63) is 35.9 Å². The van der Waals surface area contributed by atoms with E-state index in [0.717, 1.165) is 0 Å². The van der Waals surface area contributed by atoms with Crippen molar-refractivity contribution in [2.75, 3.05) is 20.8 Å². The topological polar surface area (TPSA) is 84.9 Å². The number of carboxylic acid groups (broad SMARTS) is 1. The molecule has 0 fully saturated rings. The molecule has 1 rings (SSSR count). The van der Waals surface area contributed by atoms with Crippen molar-refractivity contribution >= 4 is 11.9 Å². The highest BCUT2D eigenvalue weighted by atomic mass is 16.7. The molecule has 0 radical (unpaired) electrons. The third-order valence-electron chi connectivity index (χ3n) is 3.39. The molecule has 1 aromatic rings. The van der Waals surface area contributed by atoms with Crippen LogP contribution in [0.2, 0.25) is 0 Å². The Bertz CT molecular complexity index is 472. The third kappa shape index (κ3) is 4.54. The van der Waals surface area contributed by atoms with Gasteiger partial charge < -0.3 is 19.9 Å². The molecule has 1 unspecified atom stereocenters. The van der Waals surface area contributed by atoms with Gasteiger partial charge in [-0.1, -0.05) is 30.3 Å². The molecular weight excluding hydrogens is 274 g/mol. The zero-order valence-electron chi connectivity index (χ0n) is 12.5. The number of benzene rings is 1. The monoisotopic (exact) mass is 295 g/mol. The van der Waals surface area contributed by atoms with Gasteiger partial charge in [-0.05, 0) is 12.5 Å². The van der Waals surface area contributed by atoms with Gasteiger partial charge in [0.2, 0.25) is 5.91 Å². The van der Waals surface area contributed by atoms with Gasteiger partial charge >= 0.3 is 5.97 Å². The van der Waals surface area contributed by atoms with E-state index in [1.54, 1.807) is 30.3 Å². The van der Waals surface area contributed by atoms with Gasteiger partial charge in [0, 0.05) is 20.6 Å². The van der Waals surface area contributed by atoms with E-state index in [-0.39, 0.29) is 18.9 Å². The third-order valence-corrected chi connectivity index (χ3v) is 3.39. The summed E-state index contributed by atoms with van der Waals surface area (Å²) in [6.45, 7) is 1.70. The molecule has 6 nitrogen and oxygen atoms in total. The minimum Gasteiger partial charge on any atom is -0.481 e. The predicted molar refractivity (Wildman–Crippen MR) is 76.9 cm³/mol. The number of hydrogen-bond donors (Lipinski definition) is 2. The number of methoxy groups -OCH3 is 2. The Hall–Kier alpha value is -1.92. The summed E-state index contributed by atoms with van der Waals surface area (Å²) in [5.41, 5.74) is -0.691. The maximum absolute atomic E-state index is 12.0. The highest BCUT2D eigenvalue weighted by Crippen LogP contribution is 2.27. The number of carboxylic acids is 1. The Kier molecular flexibility index (Phi) is 6.33. The highest BCUT2D eigenvalue weighted by Gasteiger charge is 2.37. The van der Waals surface area contributed by atoms with Crippen LogP contribution in [0.5, 0.6) is 0 Å². The van der Waals surface area contributed by atoms with Gasteiger partial charge in [0.15, 0.2) is 6.29 Å². The number of nitrogens with one attached hydrogen (secondary N) is 1. The number of hydrogen-bond acceptors (Lipinski definition) is 4. The molecule has 0 spiro atoms. The molecule has 1 amide bonds. The summed E-state index contributed by atoms with van der Waals surface area (Å²) in [7, 11) is 2.93. The van der Waals surface area contributed by atoms with Gasteiger partial charge in [-0.25, -0.2) is 0 Å². The zero-order chi connectivity index (χ0) is 15.9. The molecule has 2 N–H and O–H groups in total. The summed E-state index contributed by atoms with van der Waals surface area (Å²) in [5.74, 6) is -1.42. The summed E-state index contributed by atoms with van der Waals surface area (Å²) in [5, 5.41) is 12.1. The molecular formula is C15H21NO5. The molecule has 21 heavy (non-hydrogen) atoms. The summed E-state index contributed by atoms with van der Waals surface area (Å²) in [6.07, 6.45) is -0.714. The fourth-order valence-corrected chi connectivity index (χ4v) is 1.95. The van der Waals surface area contributed by atoms with E-state index in [1.165, 1.54) is 21.1 Å². The Labute approximate surface area is 124 Å². The fourth-order valence-electron chi connectivity index (χ4n) is 1.95. The first-order chi connectivity index (χ1) is 9.93. The lowest BCUT2D eigenvalue weighted by Crippen LogP contribution is -2.41. The second kappa shape index (κ2) is 7.75. The average Bonchev–Trinajstić information content (AvgIpc) is 2.48. The van der Waals surface area contributed by atoms with Gasteiger partial charge in [0.05, 0.1) is 12.0 Å². The van der Waals surface area contributed by atoms with Crippen LogP contribution in [0, 0.1) is 0 Å². The molecule has 0 aliphatic rings. The molecule has 116 valence electrons. The van der Waals surface area contributed by atoms with Crippen LogP contribution >= 0.6 is 0 Å². The second-order valence-corrected chi connectivity index (χ2v) is 4.89. The SMILES string of the molecule is COC(CNC(=O)CC(C)(C(=O)O)c1ccccc1)OC. The van der Waals surface area contributed by atoms with E-state index in [4.69, 9.17) is 9.47 Å². The Morgan fingerprint density at radius 3 is 2.29 bits per heavy atom. The van der Waals surface area contributed by atoms with Crippen LogP contribution in [0.15, 0.2) is 30.3 Å². The summed E-state index contributed by atoms with van der Waals surface area (Å²) in [4.78, 5) is 23.6. The van der Waals surface area contributed by atoms with Gasteiger partial charge in [0.1, 0.15) is 0 Å². The molecule has 0 saturated heterocycles. The van der Waals surface area contributed by atoms with Crippen molar-refractivity contribution in [1.29, 1.82) is 0 Å². The summed E-state index contributed by atoms with van der Waals surface area (Å²) < 4.78 is 9.92. The van der Waals surface area contributed by atoms with Crippen LogP contribution in [-0.4, -0.2) is 44.0 Å².